The predicted molar refractivity (Wildman–Crippen MR) is 67.7 cm³/mol. The second-order valence-corrected chi connectivity index (χ2v) is 4.77. The first-order chi connectivity index (χ1) is 8.54. The number of imide groups is 1. The minimum Gasteiger partial charge on any atom is -0.496 e. The Morgan fingerprint density at radius 3 is 2.78 bits per heavy atom. The first kappa shape index (κ1) is 12.9. The Labute approximate surface area is 110 Å². The molecule has 18 heavy (non-hydrogen) atoms. The summed E-state index contributed by atoms with van der Waals surface area (Å²) in [5, 5.41) is 2.85. The number of ether oxygens (including phenoxy) is 1. The summed E-state index contributed by atoms with van der Waals surface area (Å²) >= 11 is 6.18. The molecule has 0 saturated carbocycles. The highest BCUT2D eigenvalue weighted by molar-refractivity contribution is 6.31. The lowest BCUT2D eigenvalue weighted by atomic mass is 9.81. The predicted octanol–water partition coefficient (Wildman–Crippen LogP) is 2.11. The van der Waals surface area contributed by atoms with Crippen molar-refractivity contribution < 1.29 is 14.3 Å². The lowest BCUT2D eigenvalue weighted by Gasteiger charge is -2.29. The third-order valence-corrected chi connectivity index (χ3v) is 3.62. The minimum absolute atomic E-state index is 0.241. The first-order valence-corrected chi connectivity index (χ1v) is 6.08. The van der Waals surface area contributed by atoms with Crippen LogP contribution in [0.25, 0.3) is 0 Å². The largest absolute Gasteiger partial charge is 0.496 e. The van der Waals surface area contributed by atoms with Crippen LogP contribution in [0.4, 0.5) is 0 Å². The molecular weight excluding hydrogens is 254 g/mol. The van der Waals surface area contributed by atoms with Crippen molar-refractivity contribution in [2.24, 2.45) is 5.92 Å². The van der Waals surface area contributed by atoms with Crippen LogP contribution in [0.3, 0.4) is 0 Å². The standard InChI is InChI=1S/C13H14ClNO3/c1-7-8(6-11(16)15-13(7)17)12-9(14)4-3-5-10(12)18-2/h3-5,7-8H,6H2,1-2H3,(H,15,16,17). The lowest BCUT2D eigenvalue weighted by molar-refractivity contribution is -0.136. The van der Waals surface area contributed by atoms with Crippen molar-refractivity contribution in [1.82, 2.24) is 5.32 Å². The van der Waals surface area contributed by atoms with Crippen LogP contribution in [-0.2, 0) is 9.59 Å². The molecule has 1 N–H and O–H groups in total. The van der Waals surface area contributed by atoms with Crippen molar-refractivity contribution in [2.45, 2.75) is 19.3 Å². The van der Waals surface area contributed by atoms with Crippen molar-refractivity contribution >= 4 is 23.4 Å². The smallest absolute Gasteiger partial charge is 0.230 e. The Hall–Kier alpha value is -1.55. The highest BCUT2D eigenvalue weighted by Crippen LogP contribution is 2.40. The van der Waals surface area contributed by atoms with E-state index in [9.17, 15) is 9.59 Å². The van der Waals surface area contributed by atoms with Gasteiger partial charge >= 0.3 is 0 Å². The van der Waals surface area contributed by atoms with Crippen LogP contribution in [0.15, 0.2) is 18.2 Å². The van der Waals surface area contributed by atoms with Gasteiger partial charge in [0.1, 0.15) is 5.75 Å². The van der Waals surface area contributed by atoms with E-state index in [1.165, 1.54) is 0 Å². The molecular formula is C13H14ClNO3. The molecule has 1 aromatic rings. The van der Waals surface area contributed by atoms with Crippen LogP contribution >= 0.6 is 11.6 Å². The molecule has 4 nitrogen and oxygen atoms in total. The van der Waals surface area contributed by atoms with E-state index in [0.717, 1.165) is 5.56 Å². The van der Waals surface area contributed by atoms with Gasteiger partial charge in [0, 0.05) is 28.8 Å². The molecule has 1 aromatic carbocycles. The summed E-state index contributed by atoms with van der Waals surface area (Å²) in [6.07, 6.45) is 0.243. The average Bonchev–Trinajstić information content (AvgIpc) is 2.33. The van der Waals surface area contributed by atoms with Crippen LogP contribution in [0, 0.1) is 5.92 Å². The van der Waals surface area contributed by atoms with Crippen LogP contribution in [-0.4, -0.2) is 18.9 Å². The number of nitrogens with one attached hydrogen (secondary N) is 1. The van der Waals surface area contributed by atoms with Gasteiger partial charge in [-0.2, -0.15) is 0 Å². The van der Waals surface area contributed by atoms with Crippen molar-refractivity contribution in [3.8, 4) is 5.75 Å². The average molecular weight is 268 g/mol. The van der Waals surface area contributed by atoms with Crippen LogP contribution in [0.2, 0.25) is 5.02 Å². The number of benzene rings is 1. The van der Waals surface area contributed by atoms with Crippen LogP contribution < -0.4 is 10.1 Å². The Kier molecular flexibility index (Phi) is 3.57. The number of rotatable bonds is 2. The fourth-order valence-corrected chi connectivity index (χ4v) is 2.57. The second kappa shape index (κ2) is 4.98. The highest BCUT2D eigenvalue weighted by Gasteiger charge is 2.36. The summed E-state index contributed by atoms with van der Waals surface area (Å²) in [6, 6.07) is 5.30. The van der Waals surface area contributed by atoms with E-state index in [1.54, 1.807) is 32.2 Å². The minimum atomic E-state index is -0.309. The van der Waals surface area contributed by atoms with E-state index in [2.05, 4.69) is 5.32 Å². The molecule has 0 bridgehead atoms. The van der Waals surface area contributed by atoms with Crippen molar-refractivity contribution in [1.29, 1.82) is 0 Å². The fraction of sp³-hybridized carbons (Fsp3) is 0.385. The molecule has 0 aromatic heterocycles. The van der Waals surface area contributed by atoms with Crippen molar-refractivity contribution in [3.05, 3.63) is 28.8 Å². The zero-order valence-electron chi connectivity index (χ0n) is 10.2. The van der Waals surface area contributed by atoms with Gasteiger partial charge in [-0.05, 0) is 12.1 Å². The SMILES string of the molecule is COc1cccc(Cl)c1C1CC(=O)NC(=O)C1C. The topological polar surface area (TPSA) is 55.4 Å². The molecule has 1 saturated heterocycles. The molecule has 1 fully saturated rings. The summed E-state index contributed by atoms with van der Waals surface area (Å²) < 4.78 is 5.27. The molecule has 0 aliphatic carbocycles. The Balaban J connectivity index is 2.47. The number of halogens is 1. The summed E-state index contributed by atoms with van der Waals surface area (Å²) in [5.41, 5.74) is 0.734. The normalized spacial score (nSPS) is 23.7. The van der Waals surface area contributed by atoms with Gasteiger partial charge in [-0.25, -0.2) is 0 Å². The molecule has 2 unspecified atom stereocenters. The van der Waals surface area contributed by atoms with Crippen molar-refractivity contribution in [3.63, 3.8) is 0 Å². The van der Waals surface area contributed by atoms with Crippen LogP contribution in [0.1, 0.15) is 24.8 Å². The van der Waals surface area contributed by atoms with Gasteiger partial charge in [0.2, 0.25) is 11.8 Å². The van der Waals surface area contributed by atoms with E-state index >= 15 is 0 Å². The maximum Gasteiger partial charge on any atom is 0.230 e. The lowest BCUT2D eigenvalue weighted by Crippen LogP contribution is -2.43. The number of amides is 2. The monoisotopic (exact) mass is 267 g/mol. The number of carbonyl (C=O) groups is 2. The summed E-state index contributed by atoms with van der Waals surface area (Å²) in [7, 11) is 1.55. The zero-order chi connectivity index (χ0) is 13.3. The molecule has 1 heterocycles. The Morgan fingerprint density at radius 1 is 1.39 bits per heavy atom. The van der Waals surface area contributed by atoms with Crippen LogP contribution in [0.5, 0.6) is 5.75 Å². The van der Waals surface area contributed by atoms with Gasteiger partial charge < -0.3 is 4.74 Å². The first-order valence-electron chi connectivity index (χ1n) is 5.70. The molecule has 0 spiro atoms. The Bertz CT molecular complexity index is 501. The number of methoxy groups -OCH3 is 1. The summed E-state index contributed by atoms with van der Waals surface area (Å²) in [5.74, 6) is -0.475. The highest BCUT2D eigenvalue weighted by atomic mass is 35.5. The van der Waals surface area contributed by atoms with Gasteiger partial charge in [0.05, 0.1) is 7.11 Å². The fourth-order valence-electron chi connectivity index (χ4n) is 2.27. The molecule has 2 rings (SSSR count). The molecule has 5 heteroatoms. The number of piperidine rings is 1. The molecule has 1 aliphatic rings. The second-order valence-electron chi connectivity index (χ2n) is 4.37. The molecule has 96 valence electrons. The van der Waals surface area contributed by atoms with Crippen molar-refractivity contribution in [2.75, 3.05) is 7.11 Å². The van der Waals surface area contributed by atoms with Gasteiger partial charge in [-0.1, -0.05) is 24.6 Å². The maximum absolute atomic E-state index is 11.7. The third-order valence-electron chi connectivity index (χ3n) is 3.29. The molecule has 1 aliphatic heterocycles. The van der Waals surface area contributed by atoms with E-state index in [-0.39, 0.29) is 30.1 Å². The van der Waals surface area contributed by atoms with E-state index in [0.29, 0.717) is 10.8 Å². The van der Waals surface area contributed by atoms with E-state index in [4.69, 9.17) is 16.3 Å². The Morgan fingerprint density at radius 2 is 2.11 bits per heavy atom. The quantitative estimate of drug-likeness (QED) is 0.835. The summed E-state index contributed by atoms with van der Waals surface area (Å²) in [4.78, 5) is 23.2. The molecule has 2 atom stereocenters. The molecule has 0 radical (unpaired) electrons. The van der Waals surface area contributed by atoms with Gasteiger partial charge in [0.15, 0.2) is 0 Å². The van der Waals surface area contributed by atoms with E-state index in [1.807, 2.05) is 0 Å². The van der Waals surface area contributed by atoms with Gasteiger partial charge in [0.25, 0.3) is 0 Å². The number of hydrogen-bond donors (Lipinski definition) is 1. The number of carbonyl (C=O) groups excluding carboxylic acids is 2. The van der Waals surface area contributed by atoms with Gasteiger partial charge in [-0.15, -0.1) is 0 Å². The third kappa shape index (κ3) is 2.20. The zero-order valence-corrected chi connectivity index (χ0v) is 11.0. The van der Waals surface area contributed by atoms with Gasteiger partial charge in [-0.3, -0.25) is 14.9 Å². The summed E-state index contributed by atoms with van der Waals surface area (Å²) in [6.45, 7) is 1.79. The number of hydrogen-bond acceptors (Lipinski definition) is 3. The van der Waals surface area contributed by atoms with E-state index < -0.39 is 0 Å². The molecule has 2 amide bonds. The maximum atomic E-state index is 11.7.